The SMILES string of the molecule is CC(Oc1cccc(Cl)c1)C(=O)N1CCNC[C@H]1C. The lowest BCUT2D eigenvalue weighted by Crippen LogP contribution is -2.55. The molecule has 0 aliphatic carbocycles. The fraction of sp³-hybridized carbons (Fsp3) is 0.500. The first kappa shape index (κ1) is 14.2. The van der Waals surface area contributed by atoms with Crippen molar-refractivity contribution in [3.05, 3.63) is 29.3 Å². The molecule has 1 amide bonds. The maximum absolute atomic E-state index is 12.3. The van der Waals surface area contributed by atoms with E-state index in [1.165, 1.54) is 0 Å². The van der Waals surface area contributed by atoms with E-state index in [-0.39, 0.29) is 11.9 Å². The van der Waals surface area contributed by atoms with Crippen LogP contribution in [0.15, 0.2) is 24.3 Å². The normalized spacial score (nSPS) is 21.0. The summed E-state index contributed by atoms with van der Waals surface area (Å²) in [5.74, 6) is 0.644. The summed E-state index contributed by atoms with van der Waals surface area (Å²) in [4.78, 5) is 14.2. The number of carbonyl (C=O) groups excluding carboxylic acids is 1. The molecule has 1 saturated heterocycles. The van der Waals surface area contributed by atoms with Crippen molar-refractivity contribution in [1.29, 1.82) is 0 Å². The van der Waals surface area contributed by atoms with Gasteiger partial charge >= 0.3 is 0 Å². The number of amides is 1. The van der Waals surface area contributed by atoms with Crippen LogP contribution in [0.25, 0.3) is 0 Å². The highest BCUT2D eigenvalue weighted by Crippen LogP contribution is 2.19. The minimum Gasteiger partial charge on any atom is -0.481 e. The van der Waals surface area contributed by atoms with Crippen molar-refractivity contribution in [1.82, 2.24) is 10.2 Å². The molecule has 0 spiro atoms. The first-order valence-corrected chi connectivity index (χ1v) is 6.89. The molecule has 1 N–H and O–H groups in total. The lowest BCUT2D eigenvalue weighted by Gasteiger charge is -2.35. The van der Waals surface area contributed by atoms with Crippen molar-refractivity contribution >= 4 is 17.5 Å². The van der Waals surface area contributed by atoms with E-state index in [4.69, 9.17) is 16.3 Å². The predicted molar refractivity (Wildman–Crippen MR) is 75.6 cm³/mol. The van der Waals surface area contributed by atoms with E-state index in [9.17, 15) is 4.79 Å². The summed E-state index contributed by atoms with van der Waals surface area (Å²) < 4.78 is 5.66. The largest absolute Gasteiger partial charge is 0.481 e. The maximum atomic E-state index is 12.3. The van der Waals surface area contributed by atoms with Gasteiger partial charge in [0, 0.05) is 30.7 Å². The van der Waals surface area contributed by atoms with Crippen LogP contribution in [0.1, 0.15) is 13.8 Å². The summed E-state index contributed by atoms with van der Waals surface area (Å²) in [6, 6.07) is 7.30. The molecule has 104 valence electrons. The Morgan fingerprint density at radius 1 is 1.58 bits per heavy atom. The highest BCUT2D eigenvalue weighted by atomic mass is 35.5. The molecule has 5 heteroatoms. The monoisotopic (exact) mass is 282 g/mol. The van der Waals surface area contributed by atoms with Crippen molar-refractivity contribution in [2.24, 2.45) is 0 Å². The molecule has 1 aromatic carbocycles. The number of carbonyl (C=O) groups is 1. The molecule has 0 bridgehead atoms. The minimum atomic E-state index is -0.501. The summed E-state index contributed by atoms with van der Waals surface area (Å²) in [6.07, 6.45) is -0.501. The van der Waals surface area contributed by atoms with Crippen molar-refractivity contribution in [3.63, 3.8) is 0 Å². The molecule has 0 aromatic heterocycles. The zero-order valence-electron chi connectivity index (χ0n) is 11.2. The zero-order valence-corrected chi connectivity index (χ0v) is 12.0. The topological polar surface area (TPSA) is 41.6 Å². The van der Waals surface area contributed by atoms with Crippen LogP contribution in [-0.2, 0) is 4.79 Å². The van der Waals surface area contributed by atoms with Crippen LogP contribution < -0.4 is 10.1 Å². The van der Waals surface area contributed by atoms with E-state index < -0.39 is 6.10 Å². The van der Waals surface area contributed by atoms with Gasteiger partial charge in [0.05, 0.1) is 0 Å². The van der Waals surface area contributed by atoms with E-state index >= 15 is 0 Å². The van der Waals surface area contributed by atoms with Crippen LogP contribution >= 0.6 is 11.6 Å². The van der Waals surface area contributed by atoms with Gasteiger partial charge in [0.2, 0.25) is 0 Å². The molecule has 4 nitrogen and oxygen atoms in total. The second-order valence-electron chi connectivity index (χ2n) is 4.80. The first-order valence-electron chi connectivity index (χ1n) is 6.51. The van der Waals surface area contributed by atoms with E-state index in [1.807, 2.05) is 17.9 Å². The highest BCUT2D eigenvalue weighted by Gasteiger charge is 2.27. The summed E-state index contributed by atoms with van der Waals surface area (Å²) >= 11 is 5.90. The molecule has 0 saturated carbocycles. The van der Waals surface area contributed by atoms with Gasteiger partial charge < -0.3 is 15.0 Å². The van der Waals surface area contributed by atoms with Crippen LogP contribution in [0.3, 0.4) is 0 Å². The summed E-state index contributed by atoms with van der Waals surface area (Å²) in [6.45, 7) is 6.20. The Balaban J connectivity index is 1.99. The number of hydrogen-bond donors (Lipinski definition) is 1. The van der Waals surface area contributed by atoms with E-state index in [0.29, 0.717) is 10.8 Å². The van der Waals surface area contributed by atoms with Crippen molar-refractivity contribution in [2.75, 3.05) is 19.6 Å². The standard InChI is InChI=1S/C14H19ClN2O2/c1-10-9-16-6-7-17(10)14(18)11(2)19-13-5-3-4-12(15)8-13/h3-5,8,10-11,16H,6-7,9H2,1-2H3/t10-,11?/m1/s1. The number of rotatable bonds is 3. The number of piperazine rings is 1. The number of halogens is 1. The Morgan fingerprint density at radius 2 is 2.37 bits per heavy atom. The molecular formula is C14H19ClN2O2. The third kappa shape index (κ3) is 3.61. The number of nitrogens with one attached hydrogen (secondary N) is 1. The van der Waals surface area contributed by atoms with Crippen molar-refractivity contribution < 1.29 is 9.53 Å². The molecule has 0 radical (unpaired) electrons. The predicted octanol–water partition coefficient (Wildman–Crippen LogP) is 1.93. The molecule has 1 aliphatic rings. The fourth-order valence-electron chi connectivity index (χ4n) is 2.20. The van der Waals surface area contributed by atoms with E-state index in [0.717, 1.165) is 19.6 Å². The van der Waals surface area contributed by atoms with Gasteiger partial charge in [-0.05, 0) is 32.0 Å². The van der Waals surface area contributed by atoms with Crippen LogP contribution in [0.4, 0.5) is 0 Å². The van der Waals surface area contributed by atoms with Gasteiger partial charge in [0.25, 0.3) is 5.91 Å². The average Bonchev–Trinajstić information content (AvgIpc) is 2.38. The Labute approximate surface area is 118 Å². The van der Waals surface area contributed by atoms with Crippen LogP contribution in [0.2, 0.25) is 5.02 Å². The maximum Gasteiger partial charge on any atom is 0.263 e. The number of hydrogen-bond acceptors (Lipinski definition) is 3. The Bertz CT molecular complexity index is 453. The lowest BCUT2D eigenvalue weighted by atomic mass is 10.2. The van der Waals surface area contributed by atoms with Gasteiger partial charge in [-0.3, -0.25) is 4.79 Å². The zero-order chi connectivity index (χ0) is 13.8. The first-order chi connectivity index (χ1) is 9.08. The summed E-state index contributed by atoms with van der Waals surface area (Å²) in [5.41, 5.74) is 0. The van der Waals surface area contributed by atoms with Crippen molar-refractivity contribution in [3.8, 4) is 5.75 Å². The van der Waals surface area contributed by atoms with Gasteiger partial charge in [0.1, 0.15) is 5.75 Å². The number of ether oxygens (including phenoxy) is 1. The Hall–Kier alpha value is -1.26. The number of nitrogens with zero attached hydrogens (tertiary/aromatic N) is 1. The third-order valence-corrected chi connectivity index (χ3v) is 3.48. The molecule has 2 rings (SSSR count). The van der Waals surface area contributed by atoms with Gasteiger partial charge in [-0.1, -0.05) is 17.7 Å². The minimum absolute atomic E-state index is 0.0222. The summed E-state index contributed by atoms with van der Waals surface area (Å²) in [7, 11) is 0. The van der Waals surface area contributed by atoms with Crippen LogP contribution in [-0.4, -0.2) is 42.6 Å². The smallest absolute Gasteiger partial charge is 0.263 e. The second-order valence-corrected chi connectivity index (χ2v) is 5.24. The van der Waals surface area contributed by atoms with Gasteiger partial charge in [-0.25, -0.2) is 0 Å². The van der Waals surface area contributed by atoms with Gasteiger partial charge in [-0.15, -0.1) is 0 Å². The van der Waals surface area contributed by atoms with E-state index in [1.54, 1.807) is 25.1 Å². The fourth-order valence-corrected chi connectivity index (χ4v) is 2.38. The third-order valence-electron chi connectivity index (χ3n) is 3.24. The lowest BCUT2D eigenvalue weighted by molar-refractivity contribution is -0.140. The Kier molecular flexibility index (Phi) is 4.66. The van der Waals surface area contributed by atoms with Crippen LogP contribution in [0.5, 0.6) is 5.75 Å². The summed E-state index contributed by atoms with van der Waals surface area (Å²) in [5, 5.41) is 3.87. The molecule has 1 aromatic rings. The van der Waals surface area contributed by atoms with Gasteiger partial charge in [-0.2, -0.15) is 0 Å². The molecule has 1 unspecified atom stereocenters. The van der Waals surface area contributed by atoms with Crippen LogP contribution in [0, 0.1) is 0 Å². The van der Waals surface area contributed by atoms with Crippen molar-refractivity contribution in [2.45, 2.75) is 26.0 Å². The molecule has 1 heterocycles. The molecule has 1 aliphatic heterocycles. The number of benzene rings is 1. The second kappa shape index (κ2) is 6.26. The molecule has 2 atom stereocenters. The molecule has 19 heavy (non-hydrogen) atoms. The highest BCUT2D eigenvalue weighted by molar-refractivity contribution is 6.30. The van der Waals surface area contributed by atoms with E-state index in [2.05, 4.69) is 5.32 Å². The van der Waals surface area contributed by atoms with Gasteiger partial charge in [0.15, 0.2) is 6.10 Å². The molecule has 1 fully saturated rings. The Morgan fingerprint density at radius 3 is 3.05 bits per heavy atom. The molecular weight excluding hydrogens is 264 g/mol. The quantitative estimate of drug-likeness (QED) is 0.921. The average molecular weight is 283 g/mol.